The first-order chi connectivity index (χ1) is 17.7. The molecule has 0 spiro atoms. The molecule has 2 heterocycles. The summed E-state index contributed by atoms with van der Waals surface area (Å²) in [4.78, 5) is 13.3. The van der Waals surface area contributed by atoms with Gasteiger partial charge in [0.05, 0.1) is 6.42 Å². The van der Waals surface area contributed by atoms with E-state index in [0.29, 0.717) is 29.9 Å². The van der Waals surface area contributed by atoms with Crippen LogP contribution in [0, 0.1) is 0 Å². The van der Waals surface area contributed by atoms with E-state index in [-0.39, 0.29) is 41.8 Å². The molecule has 2 N–H and O–H groups in total. The molecule has 0 aromatic heterocycles. The van der Waals surface area contributed by atoms with Gasteiger partial charge in [0.2, 0.25) is 6.79 Å². The number of rotatable bonds is 8. The molecule has 1 unspecified atom stereocenters. The molecule has 0 amide bonds. The van der Waals surface area contributed by atoms with Gasteiger partial charge in [-0.25, -0.2) is 0 Å². The highest BCUT2D eigenvalue weighted by Crippen LogP contribution is 2.47. The minimum Gasteiger partial charge on any atom is -0.507 e. The molecule has 4 rings (SSSR count). The number of phenols is 2. The standard InChI is InChI=1S/C31H36O6/c1-18(2)7-6-8-20(5)10-12-22-21(13-14-26-31(22)36-17-35-26)27-16-25(33)29-28(37-27)15-24(32)23(30(29)34)11-9-19(3)4/h7,9-10,13-15,27,32,34H,6,8,11-12,16-17H2,1-5H3/b20-10+. The van der Waals surface area contributed by atoms with Crippen LogP contribution in [0.3, 0.4) is 0 Å². The van der Waals surface area contributed by atoms with Crippen molar-refractivity contribution >= 4 is 5.78 Å². The Morgan fingerprint density at radius 2 is 1.68 bits per heavy atom. The average Bonchev–Trinajstić information content (AvgIpc) is 3.30. The number of allylic oxidation sites excluding steroid dienone is 6. The highest BCUT2D eigenvalue weighted by Gasteiger charge is 2.35. The van der Waals surface area contributed by atoms with E-state index in [1.54, 1.807) is 0 Å². The van der Waals surface area contributed by atoms with Crippen LogP contribution >= 0.6 is 0 Å². The van der Waals surface area contributed by atoms with Gasteiger partial charge in [-0.05, 0) is 66.4 Å². The van der Waals surface area contributed by atoms with E-state index < -0.39 is 6.10 Å². The van der Waals surface area contributed by atoms with Crippen molar-refractivity contribution in [2.45, 2.75) is 72.8 Å². The second-order valence-corrected chi connectivity index (χ2v) is 10.3. The number of carbonyl (C=O) groups excluding carboxylic acids is 1. The summed E-state index contributed by atoms with van der Waals surface area (Å²) in [5, 5.41) is 21.5. The summed E-state index contributed by atoms with van der Waals surface area (Å²) in [6.07, 6.45) is 8.70. The van der Waals surface area contributed by atoms with Gasteiger partial charge in [0.1, 0.15) is 28.9 Å². The van der Waals surface area contributed by atoms with Crippen LogP contribution in [-0.2, 0) is 12.8 Å². The molecule has 6 heteroatoms. The van der Waals surface area contributed by atoms with E-state index in [0.717, 1.165) is 29.5 Å². The van der Waals surface area contributed by atoms with E-state index in [1.165, 1.54) is 17.2 Å². The molecule has 2 aromatic rings. The molecule has 0 aliphatic carbocycles. The Morgan fingerprint density at radius 1 is 0.946 bits per heavy atom. The van der Waals surface area contributed by atoms with Gasteiger partial charge in [-0.3, -0.25) is 4.79 Å². The van der Waals surface area contributed by atoms with Crippen molar-refractivity contribution in [3.05, 3.63) is 75.4 Å². The lowest BCUT2D eigenvalue weighted by Crippen LogP contribution is -2.22. The van der Waals surface area contributed by atoms with Gasteiger partial charge in [-0.2, -0.15) is 0 Å². The van der Waals surface area contributed by atoms with E-state index in [1.807, 2.05) is 32.1 Å². The van der Waals surface area contributed by atoms with Crippen LogP contribution in [0.2, 0.25) is 0 Å². The van der Waals surface area contributed by atoms with Crippen molar-refractivity contribution in [3.8, 4) is 28.7 Å². The molecular formula is C31H36O6. The van der Waals surface area contributed by atoms with E-state index in [9.17, 15) is 15.0 Å². The molecule has 2 aliphatic rings. The van der Waals surface area contributed by atoms with Crippen LogP contribution < -0.4 is 14.2 Å². The number of hydrogen-bond acceptors (Lipinski definition) is 6. The predicted octanol–water partition coefficient (Wildman–Crippen LogP) is 7.28. The van der Waals surface area contributed by atoms with Crippen molar-refractivity contribution in [2.24, 2.45) is 0 Å². The molecule has 37 heavy (non-hydrogen) atoms. The molecule has 196 valence electrons. The monoisotopic (exact) mass is 504 g/mol. The fourth-order valence-corrected chi connectivity index (χ4v) is 4.71. The summed E-state index contributed by atoms with van der Waals surface area (Å²) in [5.74, 6) is 1.01. The number of benzene rings is 2. The molecule has 0 saturated heterocycles. The maximum absolute atomic E-state index is 13.3. The van der Waals surface area contributed by atoms with Gasteiger partial charge in [-0.15, -0.1) is 0 Å². The molecule has 0 radical (unpaired) electrons. The summed E-state index contributed by atoms with van der Waals surface area (Å²) in [7, 11) is 0. The second-order valence-electron chi connectivity index (χ2n) is 10.3. The zero-order valence-corrected chi connectivity index (χ0v) is 22.3. The zero-order valence-electron chi connectivity index (χ0n) is 22.3. The Morgan fingerprint density at radius 3 is 2.41 bits per heavy atom. The molecule has 6 nitrogen and oxygen atoms in total. The van der Waals surface area contributed by atoms with Gasteiger partial charge < -0.3 is 24.4 Å². The fraction of sp³-hybridized carbons (Fsp3) is 0.387. The zero-order chi connectivity index (χ0) is 26.7. The average molecular weight is 505 g/mol. The minimum absolute atomic E-state index is 0.0727. The Hall–Kier alpha value is -3.67. The summed E-state index contributed by atoms with van der Waals surface area (Å²) in [5.41, 5.74) is 5.84. The Balaban J connectivity index is 1.66. The number of fused-ring (bicyclic) bond motifs is 2. The van der Waals surface area contributed by atoms with E-state index in [2.05, 4.69) is 32.9 Å². The minimum atomic E-state index is -0.577. The third-order valence-electron chi connectivity index (χ3n) is 6.75. The molecule has 1 atom stereocenters. The lowest BCUT2D eigenvalue weighted by atomic mass is 9.89. The first-order valence-electron chi connectivity index (χ1n) is 12.8. The first-order valence-corrected chi connectivity index (χ1v) is 12.8. The number of ether oxygens (including phenoxy) is 3. The largest absolute Gasteiger partial charge is 0.507 e. The van der Waals surface area contributed by atoms with Gasteiger partial charge in [-0.1, -0.05) is 41.0 Å². The molecular weight excluding hydrogens is 468 g/mol. The van der Waals surface area contributed by atoms with E-state index in [4.69, 9.17) is 14.2 Å². The third kappa shape index (κ3) is 5.85. The summed E-state index contributed by atoms with van der Waals surface area (Å²) >= 11 is 0. The van der Waals surface area contributed by atoms with Crippen LogP contribution in [0.15, 0.2) is 53.1 Å². The van der Waals surface area contributed by atoms with Crippen LogP contribution in [-0.4, -0.2) is 22.8 Å². The quantitative estimate of drug-likeness (QED) is 0.368. The van der Waals surface area contributed by atoms with Gasteiger partial charge >= 0.3 is 0 Å². The molecule has 0 bridgehead atoms. The number of Topliss-reactive ketones (excluding diaryl/α,β-unsaturated/α-hetero) is 1. The normalized spacial score (nSPS) is 16.2. The molecule has 0 saturated carbocycles. The molecule has 2 aromatic carbocycles. The maximum atomic E-state index is 13.3. The number of hydrogen-bond donors (Lipinski definition) is 2. The third-order valence-corrected chi connectivity index (χ3v) is 6.75. The number of ketones is 1. The van der Waals surface area contributed by atoms with Gasteiger partial charge in [0.15, 0.2) is 17.3 Å². The highest BCUT2D eigenvalue weighted by molar-refractivity contribution is 6.03. The van der Waals surface area contributed by atoms with Crippen LogP contribution in [0.4, 0.5) is 0 Å². The van der Waals surface area contributed by atoms with Crippen molar-refractivity contribution in [2.75, 3.05) is 6.79 Å². The summed E-state index contributed by atoms with van der Waals surface area (Å²) in [6.45, 7) is 10.3. The Bertz CT molecular complexity index is 1290. The van der Waals surface area contributed by atoms with Gasteiger partial charge in [0.25, 0.3) is 0 Å². The molecule has 2 aliphatic heterocycles. The first kappa shape index (κ1) is 26.4. The van der Waals surface area contributed by atoms with Crippen LogP contribution in [0.5, 0.6) is 28.7 Å². The number of aromatic hydroxyl groups is 2. The highest BCUT2D eigenvalue weighted by atomic mass is 16.7. The van der Waals surface area contributed by atoms with Crippen molar-refractivity contribution in [1.82, 2.24) is 0 Å². The Labute approximate surface area is 218 Å². The van der Waals surface area contributed by atoms with E-state index >= 15 is 0 Å². The summed E-state index contributed by atoms with van der Waals surface area (Å²) < 4.78 is 17.7. The van der Waals surface area contributed by atoms with Crippen molar-refractivity contribution in [3.63, 3.8) is 0 Å². The predicted molar refractivity (Wildman–Crippen MR) is 144 cm³/mol. The fourth-order valence-electron chi connectivity index (χ4n) is 4.71. The van der Waals surface area contributed by atoms with Crippen molar-refractivity contribution in [1.29, 1.82) is 0 Å². The lowest BCUT2D eigenvalue weighted by Gasteiger charge is -2.28. The molecule has 0 fully saturated rings. The number of phenolic OH excluding ortho intramolecular Hbond substituents is 2. The second kappa shape index (κ2) is 11.2. The van der Waals surface area contributed by atoms with Gasteiger partial charge in [0, 0.05) is 22.8 Å². The lowest BCUT2D eigenvalue weighted by molar-refractivity contribution is 0.0843. The summed E-state index contributed by atoms with van der Waals surface area (Å²) in [6, 6.07) is 5.20. The maximum Gasteiger partial charge on any atom is 0.231 e. The topological polar surface area (TPSA) is 85.2 Å². The smallest absolute Gasteiger partial charge is 0.231 e. The SMILES string of the molecule is CC(C)=CCC/C(C)=C/Cc1c(C2CC(=O)c3c(cc(O)c(CC=C(C)C)c3O)O2)ccc2c1OCO2. The Kier molecular flexibility index (Phi) is 7.96. The van der Waals surface area contributed by atoms with Crippen LogP contribution in [0.1, 0.15) is 87.0 Å². The van der Waals surface area contributed by atoms with Crippen LogP contribution in [0.25, 0.3) is 0 Å². The number of carbonyl (C=O) groups is 1. The van der Waals surface area contributed by atoms with Crippen molar-refractivity contribution < 1.29 is 29.2 Å².